The fourth-order valence-electron chi connectivity index (χ4n) is 3.84. The van der Waals surface area contributed by atoms with Crippen molar-refractivity contribution < 1.29 is 22.7 Å². The minimum Gasteiger partial charge on any atom is -0.462 e. The fourth-order valence-corrected chi connectivity index (χ4v) is 3.84. The minimum absolute atomic E-state index is 0.0890. The van der Waals surface area contributed by atoms with Gasteiger partial charge in [0.25, 0.3) is 12.4 Å². The van der Waals surface area contributed by atoms with E-state index in [0.29, 0.717) is 23.2 Å². The Morgan fingerprint density at radius 3 is 2.89 bits per heavy atom. The van der Waals surface area contributed by atoms with Crippen molar-refractivity contribution in [3.63, 3.8) is 0 Å². The van der Waals surface area contributed by atoms with Crippen LogP contribution in [-0.4, -0.2) is 29.3 Å². The van der Waals surface area contributed by atoms with Crippen LogP contribution in [0.2, 0.25) is 0 Å². The van der Waals surface area contributed by atoms with Gasteiger partial charge in [-0.1, -0.05) is 12.1 Å². The first kappa shape index (κ1) is 18.5. The Morgan fingerprint density at radius 2 is 2.18 bits per heavy atom. The quantitative estimate of drug-likeness (QED) is 0.797. The number of carbonyl (C=O) groups excluding carboxylic acids is 1. The van der Waals surface area contributed by atoms with E-state index in [0.717, 1.165) is 6.07 Å². The zero-order valence-corrected chi connectivity index (χ0v) is 15.0. The van der Waals surface area contributed by atoms with Crippen molar-refractivity contribution in [3.8, 4) is 0 Å². The van der Waals surface area contributed by atoms with Crippen molar-refractivity contribution in [1.29, 1.82) is 0 Å². The maximum Gasteiger partial charge on any atom is 0.283 e. The molecule has 3 atom stereocenters. The number of nitrogens with two attached hydrogens (primary N) is 1. The number of carbonyl (C=O) groups is 1. The van der Waals surface area contributed by atoms with Gasteiger partial charge in [-0.05, 0) is 42.7 Å². The summed E-state index contributed by atoms with van der Waals surface area (Å²) in [5.41, 5.74) is 4.63. The van der Waals surface area contributed by atoms with Crippen LogP contribution in [0, 0.1) is 18.7 Å². The maximum absolute atomic E-state index is 14.6. The molecule has 8 heteroatoms. The van der Waals surface area contributed by atoms with Gasteiger partial charge >= 0.3 is 0 Å². The molecule has 4 rings (SSSR count). The van der Waals surface area contributed by atoms with Crippen LogP contribution in [0.3, 0.4) is 0 Å². The predicted molar refractivity (Wildman–Crippen MR) is 95.7 cm³/mol. The zero-order chi connectivity index (χ0) is 20.1. The smallest absolute Gasteiger partial charge is 0.283 e. The number of benzene rings is 1. The van der Waals surface area contributed by atoms with Crippen molar-refractivity contribution in [2.75, 3.05) is 0 Å². The third-order valence-corrected chi connectivity index (χ3v) is 5.30. The van der Waals surface area contributed by atoms with Crippen LogP contribution in [0.4, 0.5) is 13.2 Å². The Kier molecular flexibility index (Phi) is 4.36. The number of rotatable bonds is 5. The Hall–Kier alpha value is -2.90. The number of halogens is 3. The topological polar surface area (TPSA) is 77.6 Å². The summed E-state index contributed by atoms with van der Waals surface area (Å²) in [6.45, 7) is 1.76. The number of alkyl halides is 2. The van der Waals surface area contributed by atoms with Crippen LogP contribution >= 0.6 is 0 Å². The second-order valence-electron chi connectivity index (χ2n) is 7.16. The third kappa shape index (κ3) is 2.93. The first-order valence-corrected chi connectivity index (χ1v) is 8.86. The van der Waals surface area contributed by atoms with Gasteiger partial charge in [-0.2, -0.15) is 0 Å². The molecule has 2 aliphatic rings. The molecule has 1 aliphatic carbocycles. The molecule has 0 saturated heterocycles. The summed E-state index contributed by atoms with van der Waals surface area (Å²) in [4.78, 5) is 20.5. The van der Waals surface area contributed by atoms with Crippen molar-refractivity contribution in [1.82, 2.24) is 4.98 Å². The van der Waals surface area contributed by atoms with E-state index in [4.69, 9.17) is 10.5 Å². The van der Waals surface area contributed by atoms with Gasteiger partial charge in [0.1, 0.15) is 17.6 Å². The SMILES string of the molecule is Cc1cccnc1C(=O)Cc1ccc(F)c([C@@]2(C(F)F)N=C(N)O[C@@H]3C[C@@H]32)c1. The molecule has 2 aromatic rings. The number of aromatic nitrogens is 1. The molecule has 0 bridgehead atoms. The molecule has 0 radical (unpaired) electrons. The van der Waals surface area contributed by atoms with Crippen molar-refractivity contribution in [2.24, 2.45) is 16.6 Å². The number of aryl methyl sites for hydroxylation is 1. The standard InChI is InChI=1S/C20H18F3N3O2/c1-10-3-2-6-25-17(10)15(27)8-11-4-5-14(21)12(7-11)20(18(22)23)13-9-16(13)28-19(24)26-20/h2-7,13,16,18H,8-9H2,1H3,(H2,24,26)/t13-,16+,20+/m0/s1. The van der Waals surface area contributed by atoms with Crippen molar-refractivity contribution >= 4 is 11.8 Å². The lowest BCUT2D eigenvalue weighted by Gasteiger charge is -2.33. The van der Waals surface area contributed by atoms with Gasteiger partial charge in [0.05, 0.1) is 0 Å². The van der Waals surface area contributed by atoms with E-state index >= 15 is 0 Å². The summed E-state index contributed by atoms with van der Waals surface area (Å²) in [6.07, 6.45) is -1.72. The van der Waals surface area contributed by atoms with Gasteiger partial charge in [0.2, 0.25) is 0 Å². The molecule has 0 spiro atoms. The Bertz CT molecular complexity index is 979. The highest BCUT2D eigenvalue weighted by Crippen LogP contribution is 2.56. The summed E-state index contributed by atoms with van der Waals surface area (Å²) in [7, 11) is 0. The van der Waals surface area contributed by atoms with E-state index < -0.39 is 29.8 Å². The van der Waals surface area contributed by atoms with E-state index in [2.05, 4.69) is 9.98 Å². The Labute approximate surface area is 159 Å². The van der Waals surface area contributed by atoms with Gasteiger partial charge in [-0.15, -0.1) is 0 Å². The van der Waals surface area contributed by atoms with E-state index in [1.165, 1.54) is 18.3 Å². The van der Waals surface area contributed by atoms with Crippen LogP contribution < -0.4 is 5.73 Å². The Balaban J connectivity index is 1.72. The van der Waals surface area contributed by atoms with Gasteiger partial charge in [-0.3, -0.25) is 9.78 Å². The molecular formula is C20H18F3N3O2. The zero-order valence-electron chi connectivity index (χ0n) is 15.0. The number of ether oxygens (including phenoxy) is 1. The molecule has 5 nitrogen and oxygen atoms in total. The van der Waals surface area contributed by atoms with Gasteiger partial charge in [0, 0.05) is 24.1 Å². The van der Waals surface area contributed by atoms with Crippen molar-refractivity contribution in [2.45, 2.75) is 37.8 Å². The van der Waals surface area contributed by atoms with Gasteiger partial charge in [-0.25, -0.2) is 18.2 Å². The second kappa shape index (κ2) is 6.61. The number of Topliss-reactive ketones (excluding diaryl/α,β-unsaturated/α-hetero) is 1. The molecule has 1 fully saturated rings. The average Bonchev–Trinajstić information content (AvgIpc) is 3.42. The third-order valence-electron chi connectivity index (χ3n) is 5.30. The number of hydrogen-bond donors (Lipinski definition) is 1. The number of ketones is 1. The number of amidine groups is 1. The Morgan fingerprint density at radius 1 is 1.39 bits per heavy atom. The molecule has 0 unspecified atom stereocenters. The molecule has 28 heavy (non-hydrogen) atoms. The highest BCUT2D eigenvalue weighted by atomic mass is 19.3. The van der Waals surface area contributed by atoms with Crippen LogP contribution in [0.1, 0.15) is 33.6 Å². The largest absolute Gasteiger partial charge is 0.462 e. The lowest BCUT2D eigenvalue weighted by atomic mass is 9.83. The van der Waals surface area contributed by atoms with Gasteiger partial charge in [0.15, 0.2) is 11.3 Å². The first-order chi connectivity index (χ1) is 13.3. The number of pyridine rings is 1. The summed E-state index contributed by atoms with van der Waals surface area (Å²) < 4.78 is 48.1. The fraction of sp³-hybridized carbons (Fsp3) is 0.350. The highest BCUT2D eigenvalue weighted by Gasteiger charge is 2.64. The molecule has 2 heterocycles. The van der Waals surface area contributed by atoms with E-state index in [-0.39, 0.29) is 23.8 Å². The molecule has 1 saturated carbocycles. The second-order valence-corrected chi connectivity index (χ2v) is 7.16. The van der Waals surface area contributed by atoms with Crippen LogP contribution in [0.5, 0.6) is 0 Å². The number of nitrogens with zero attached hydrogens (tertiary/aromatic N) is 2. The highest BCUT2D eigenvalue weighted by molar-refractivity contribution is 5.97. The lowest BCUT2D eigenvalue weighted by Crippen LogP contribution is -2.43. The molecule has 1 aromatic heterocycles. The molecule has 2 N–H and O–H groups in total. The lowest BCUT2D eigenvalue weighted by molar-refractivity contribution is 0.0176. The van der Waals surface area contributed by atoms with Crippen molar-refractivity contribution in [3.05, 3.63) is 64.7 Å². The molecular weight excluding hydrogens is 371 g/mol. The van der Waals surface area contributed by atoms with Crippen LogP contribution in [-0.2, 0) is 16.7 Å². The van der Waals surface area contributed by atoms with E-state index in [1.807, 2.05) is 0 Å². The summed E-state index contributed by atoms with van der Waals surface area (Å²) >= 11 is 0. The van der Waals surface area contributed by atoms with Crippen LogP contribution in [0.15, 0.2) is 41.5 Å². The number of aliphatic imine (C=N–C) groups is 1. The average molecular weight is 389 g/mol. The monoisotopic (exact) mass is 389 g/mol. The minimum atomic E-state index is -2.97. The predicted octanol–water partition coefficient (Wildman–Crippen LogP) is 3.15. The number of fused-ring (bicyclic) bond motifs is 1. The van der Waals surface area contributed by atoms with E-state index in [9.17, 15) is 18.0 Å². The number of hydrogen-bond acceptors (Lipinski definition) is 5. The summed E-state index contributed by atoms with van der Waals surface area (Å²) in [6, 6.07) is 6.89. The molecule has 1 aliphatic heterocycles. The first-order valence-electron chi connectivity index (χ1n) is 8.86. The van der Waals surface area contributed by atoms with E-state index in [1.54, 1.807) is 19.1 Å². The van der Waals surface area contributed by atoms with Crippen LogP contribution in [0.25, 0.3) is 0 Å². The molecule has 146 valence electrons. The molecule has 1 aromatic carbocycles. The normalized spacial score (nSPS) is 25.7. The molecule has 0 amide bonds. The van der Waals surface area contributed by atoms with Gasteiger partial charge < -0.3 is 10.5 Å². The summed E-state index contributed by atoms with van der Waals surface area (Å²) in [5.74, 6) is -1.74. The summed E-state index contributed by atoms with van der Waals surface area (Å²) in [5, 5.41) is 0. The maximum atomic E-state index is 14.6.